The molecule has 0 spiro atoms. The summed E-state index contributed by atoms with van der Waals surface area (Å²) in [6.45, 7) is 4.54. The molecule has 0 aliphatic heterocycles. The number of rotatable bonds is 5. The van der Waals surface area contributed by atoms with E-state index in [0.717, 1.165) is 17.1 Å². The first-order valence-corrected chi connectivity index (χ1v) is 6.74. The van der Waals surface area contributed by atoms with Crippen LogP contribution in [0.3, 0.4) is 0 Å². The first-order chi connectivity index (χ1) is 9.47. The second-order valence-corrected chi connectivity index (χ2v) is 5.28. The highest BCUT2D eigenvalue weighted by molar-refractivity contribution is 5.21. The van der Waals surface area contributed by atoms with Crippen LogP contribution in [0, 0.1) is 12.7 Å². The Bertz CT molecular complexity index is 548. The number of benzene rings is 1. The topological polar surface area (TPSA) is 42.4 Å². The highest BCUT2D eigenvalue weighted by Gasteiger charge is 2.22. The second-order valence-electron chi connectivity index (χ2n) is 5.28. The van der Waals surface area contributed by atoms with Crippen molar-refractivity contribution < 1.29 is 8.81 Å². The van der Waals surface area contributed by atoms with Gasteiger partial charge in [-0.3, -0.25) is 4.90 Å². The molecule has 3 nitrogen and oxygen atoms in total. The van der Waals surface area contributed by atoms with Gasteiger partial charge in [-0.1, -0.05) is 12.1 Å². The maximum Gasteiger partial charge on any atom is 0.123 e. The Kier molecular flexibility index (Phi) is 4.57. The van der Waals surface area contributed by atoms with Gasteiger partial charge in [0.1, 0.15) is 17.3 Å². The average Bonchev–Trinajstić information content (AvgIpc) is 2.77. The van der Waals surface area contributed by atoms with Gasteiger partial charge in [0.15, 0.2) is 0 Å². The molecule has 0 radical (unpaired) electrons. The Labute approximate surface area is 119 Å². The molecule has 0 aliphatic rings. The molecule has 2 aromatic rings. The highest BCUT2D eigenvalue weighted by Crippen LogP contribution is 2.24. The predicted octanol–water partition coefficient (Wildman–Crippen LogP) is 3.25. The van der Waals surface area contributed by atoms with Gasteiger partial charge in [-0.2, -0.15) is 0 Å². The number of aryl methyl sites for hydroxylation is 1. The third-order valence-electron chi connectivity index (χ3n) is 3.39. The number of hydrogen-bond donors (Lipinski definition) is 1. The molecule has 108 valence electrons. The van der Waals surface area contributed by atoms with E-state index in [-0.39, 0.29) is 17.9 Å². The van der Waals surface area contributed by atoms with Crippen molar-refractivity contribution in [1.29, 1.82) is 0 Å². The van der Waals surface area contributed by atoms with Crippen LogP contribution in [0.15, 0.2) is 40.8 Å². The number of hydrogen-bond acceptors (Lipinski definition) is 3. The SMILES string of the molecule is Cc1ccc(CN(C)C(c2ccc(F)cc2)C(C)N)o1. The standard InChI is InChI=1S/C16H21FN2O/c1-11-4-9-15(20-11)10-19(3)16(12(2)18)13-5-7-14(17)8-6-13/h4-9,12,16H,10,18H2,1-3H3. The minimum atomic E-state index is -0.235. The first-order valence-electron chi connectivity index (χ1n) is 6.74. The van der Waals surface area contributed by atoms with Crippen molar-refractivity contribution >= 4 is 0 Å². The molecule has 0 saturated carbocycles. The molecule has 0 bridgehead atoms. The van der Waals surface area contributed by atoms with E-state index in [9.17, 15) is 4.39 Å². The zero-order valence-electron chi connectivity index (χ0n) is 12.1. The summed E-state index contributed by atoms with van der Waals surface area (Å²) in [5.41, 5.74) is 7.11. The van der Waals surface area contributed by atoms with Crippen molar-refractivity contribution in [2.45, 2.75) is 32.5 Å². The summed E-state index contributed by atoms with van der Waals surface area (Å²) in [4.78, 5) is 2.12. The van der Waals surface area contributed by atoms with E-state index in [2.05, 4.69) is 4.90 Å². The van der Waals surface area contributed by atoms with E-state index < -0.39 is 0 Å². The van der Waals surface area contributed by atoms with Crippen LogP contribution in [0.5, 0.6) is 0 Å². The lowest BCUT2D eigenvalue weighted by molar-refractivity contribution is 0.195. The zero-order chi connectivity index (χ0) is 14.7. The number of nitrogens with zero attached hydrogens (tertiary/aromatic N) is 1. The zero-order valence-corrected chi connectivity index (χ0v) is 12.1. The molecule has 0 fully saturated rings. The van der Waals surface area contributed by atoms with E-state index >= 15 is 0 Å². The van der Waals surface area contributed by atoms with Crippen molar-refractivity contribution in [3.05, 3.63) is 59.3 Å². The van der Waals surface area contributed by atoms with Crippen molar-refractivity contribution in [2.75, 3.05) is 7.05 Å². The quantitative estimate of drug-likeness (QED) is 0.911. The fraction of sp³-hybridized carbons (Fsp3) is 0.375. The van der Waals surface area contributed by atoms with E-state index in [1.165, 1.54) is 12.1 Å². The molecule has 1 aromatic carbocycles. The van der Waals surface area contributed by atoms with Gasteiger partial charge in [0.05, 0.1) is 6.54 Å². The van der Waals surface area contributed by atoms with Gasteiger partial charge < -0.3 is 10.2 Å². The smallest absolute Gasteiger partial charge is 0.123 e. The fourth-order valence-electron chi connectivity index (χ4n) is 2.53. The van der Waals surface area contributed by atoms with Crippen LogP contribution in [-0.4, -0.2) is 18.0 Å². The minimum Gasteiger partial charge on any atom is -0.465 e. The van der Waals surface area contributed by atoms with Crippen LogP contribution in [0.2, 0.25) is 0 Å². The van der Waals surface area contributed by atoms with Crippen LogP contribution in [0.25, 0.3) is 0 Å². The van der Waals surface area contributed by atoms with Crippen molar-refractivity contribution in [2.24, 2.45) is 5.73 Å². The highest BCUT2D eigenvalue weighted by atomic mass is 19.1. The molecule has 0 saturated heterocycles. The molecule has 2 atom stereocenters. The second kappa shape index (κ2) is 6.20. The lowest BCUT2D eigenvalue weighted by Gasteiger charge is -2.30. The third-order valence-corrected chi connectivity index (χ3v) is 3.39. The molecule has 0 aliphatic carbocycles. The van der Waals surface area contributed by atoms with Crippen LogP contribution < -0.4 is 5.73 Å². The van der Waals surface area contributed by atoms with Gasteiger partial charge >= 0.3 is 0 Å². The summed E-state index contributed by atoms with van der Waals surface area (Å²) in [7, 11) is 2.00. The number of furan rings is 1. The molecule has 0 amide bonds. The number of nitrogens with two attached hydrogens (primary N) is 1. The molecule has 1 aromatic heterocycles. The van der Waals surface area contributed by atoms with Gasteiger partial charge in [0, 0.05) is 12.1 Å². The lowest BCUT2D eigenvalue weighted by atomic mass is 9.99. The molecule has 4 heteroatoms. The van der Waals surface area contributed by atoms with Crippen molar-refractivity contribution in [3.63, 3.8) is 0 Å². The van der Waals surface area contributed by atoms with Gasteiger partial charge in [0.2, 0.25) is 0 Å². The molecule has 2 N–H and O–H groups in total. The molecule has 20 heavy (non-hydrogen) atoms. The van der Waals surface area contributed by atoms with Crippen molar-refractivity contribution in [3.8, 4) is 0 Å². The van der Waals surface area contributed by atoms with Crippen LogP contribution in [-0.2, 0) is 6.54 Å². The maximum absolute atomic E-state index is 13.0. The van der Waals surface area contributed by atoms with E-state index in [1.807, 2.05) is 33.0 Å². The Balaban J connectivity index is 2.17. The number of halogens is 1. The van der Waals surface area contributed by atoms with Crippen LogP contribution in [0.1, 0.15) is 30.0 Å². The van der Waals surface area contributed by atoms with Gasteiger partial charge in [0.25, 0.3) is 0 Å². The molecule has 2 unspecified atom stereocenters. The Morgan fingerprint density at radius 2 is 1.85 bits per heavy atom. The third kappa shape index (κ3) is 3.46. The summed E-state index contributed by atoms with van der Waals surface area (Å²) >= 11 is 0. The van der Waals surface area contributed by atoms with E-state index in [4.69, 9.17) is 10.2 Å². The summed E-state index contributed by atoms with van der Waals surface area (Å²) in [5.74, 6) is 1.56. The first kappa shape index (κ1) is 14.8. The van der Waals surface area contributed by atoms with Crippen LogP contribution >= 0.6 is 0 Å². The average molecular weight is 276 g/mol. The summed E-state index contributed by atoms with van der Waals surface area (Å²) in [5, 5.41) is 0. The summed E-state index contributed by atoms with van der Waals surface area (Å²) < 4.78 is 18.6. The summed E-state index contributed by atoms with van der Waals surface area (Å²) in [6.07, 6.45) is 0. The van der Waals surface area contributed by atoms with Crippen molar-refractivity contribution in [1.82, 2.24) is 4.90 Å². The van der Waals surface area contributed by atoms with E-state index in [0.29, 0.717) is 6.54 Å². The Hall–Kier alpha value is -1.65. The summed E-state index contributed by atoms with van der Waals surface area (Å²) in [6, 6.07) is 10.4. The molecular formula is C16H21FN2O. The number of likely N-dealkylation sites (N-methyl/N-ethyl adjacent to an activating group) is 1. The van der Waals surface area contributed by atoms with Gasteiger partial charge in [-0.15, -0.1) is 0 Å². The molecular weight excluding hydrogens is 255 g/mol. The predicted molar refractivity (Wildman–Crippen MR) is 77.7 cm³/mol. The lowest BCUT2D eigenvalue weighted by Crippen LogP contribution is -2.36. The largest absolute Gasteiger partial charge is 0.465 e. The molecule has 2 rings (SSSR count). The van der Waals surface area contributed by atoms with Gasteiger partial charge in [-0.25, -0.2) is 4.39 Å². The van der Waals surface area contributed by atoms with E-state index in [1.54, 1.807) is 12.1 Å². The maximum atomic E-state index is 13.0. The van der Waals surface area contributed by atoms with Crippen LogP contribution in [0.4, 0.5) is 4.39 Å². The fourth-order valence-corrected chi connectivity index (χ4v) is 2.53. The monoisotopic (exact) mass is 276 g/mol. The van der Waals surface area contributed by atoms with Gasteiger partial charge in [-0.05, 0) is 50.7 Å². The molecule has 1 heterocycles. The Morgan fingerprint density at radius 1 is 1.20 bits per heavy atom. The Morgan fingerprint density at radius 3 is 2.35 bits per heavy atom. The minimum absolute atomic E-state index is 0.0148. The normalized spacial score (nSPS) is 14.5.